The van der Waals surface area contributed by atoms with Crippen LogP contribution in [-0.4, -0.2) is 62.9 Å². The van der Waals surface area contributed by atoms with Gasteiger partial charge in [0.25, 0.3) is 0 Å². The quantitative estimate of drug-likeness (QED) is 0.203. The molecule has 1 aliphatic rings. The Morgan fingerprint density at radius 2 is 2.03 bits per heavy atom. The number of aliphatic imine (C=N–C) groups is 1. The van der Waals surface area contributed by atoms with E-state index in [4.69, 9.17) is 14.5 Å². The van der Waals surface area contributed by atoms with Gasteiger partial charge in [-0.05, 0) is 51.5 Å². The number of hydrogen-bond acceptors (Lipinski definition) is 4. The molecule has 0 amide bonds. The average molecular weight is 518 g/mol. The molecule has 1 aliphatic heterocycles. The largest absolute Gasteiger partial charge is 0.488 e. The second-order valence-electron chi connectivity index (χ2n) is 7.22. The van der Waals surface area contributed by atoms with Gasteiger partial charge in [-0.2, -0.15) is 0 Å². The molecule has 0 saturated carbocycles. The molecule has 6 nitrogen and oxygen atoms in total. The van der Waals surface area contributed by atoms with Gasteiger partial charge in [-0.3, -0.25) is 0 Å². The van der Waals surface area contributed by atoms with E-state index in [0.29, 0.717) is 13.2 Å². The fourth-order valence-electron chi connectivity index (χ4n) is 3.24. The molecule has 2 N–H and O–H groups in total. The highest BCUT2D eigenvalue weighted by atomic mass is 127. The van der Waals surface area contributed by atoms with Crippen LogP contribution in [0.5, 0.6) is 5.75 Å². The van der Waals surface area contributed by atoms with E-state index in [0.717, 1.165) is 69.4 Å². The molecule has 0 radical (unpaired) electrons. The van der Waals surface area contributed by atoms with Crippen molar-refractivity contribution in [2.24, 2.45) is 4.99 Å². The number of benzene rings is 1. The van der Waals surface area contributed by atoms with Crippen LogP contribution in [0.15, 0.2) is 23.2 Å². The second-order valence-corrected chi connectivity index (χ2v) is 7.22. The Morgan fingerprint density at radius 1 is 1.24 bits per heavy atom. The third-order valence-electron chi connectivity index (χ3n) is 4.99. The summed E-state index contributed by atoms with van der Waals surface area (Å²) in [6.07, 6.45) is 2.20. The van der Waals surface area contributed by atoms with Gasteiger partial charge in [0.2, 0.25) is 0 Å². The molecule has 1 heterocycles. The van der Waals surface area contributed by atoms with Crippen LogP contribution in [0.4, 0.5) is 0 Å². The minimum Gasteiger partial charge on any atom is -0.488 e. The first-order valence-electron chi connectivity index (χ1n) is 10.7. The van der Waals surface area contributed by atoms with E-state index in [-0.39, 0.29) is 30.1 Å². The Labute approximate surface area is 193 Å². The van der Waals surface area contributed by atoms with Crippen LogP contribution in [0.1, 0.15) is 44.7 Å². The summed E-state index contributed by atoms with van der Waals surface area (Å²) in [6, 6.07) is 6.34. The van der Waals surface area contributed by atoms with Crippen LogP contribution >= 0.6 is 24.0 Å². The monoisotopic (exact) mass is 518 g/mol. The molecule has 1 fully saturated rings. The summed E-state index contributed by atoms with van der Waals surface area (Å²) in [4.78, 5) is 7.21. The van der Waals surface area contributed by atoms with E-state index in [1.54, 1.807) is 0 Å². The van der Waals surface area contributed by atoms with Gasteiger partial charge < -0.3 is 25.0 Å². The normalized spacial score (nSPS) is 16.6. The number of aryl methyl sites for hydroxylation is 1. The molecule has 29 heavy (non-hydrogen) atoms. The van der Waals surface area contributed by atoms with Gasteiger partial charge in [-0.1, -0.05) is 26.0 Å². The van der Waals surface area contributed by atoms with Crippen LogP contribution in [0.3, 0.4) is 0 Å². The van der Waals surface area contributed by atoms with Crippen LogP contribution in [0, 0.1) is 6.92 Å². The number of halogens is 1. The first-order valence-corrected chi connectivity index (χ1v) is 10.7. The Hall–Kier alpha value is -1.06. The van der Waals surface area contributed by atoms with Crippen molar-refractivity contribution in [1.29, 1.82) is 0 Å². The third-order valence-corrected chi connectivity index (χ3v) is 4.99. The summed E-state index contributed by atoms with van der Waals surface area (Å²) >= 11 is 0. The summed E-state index contributed by atoms with van der Waals surface area (Å²) in [5.41, 5.74) is 2.31. The summed E-state index contributed by atoms with van der Waals surface area (Å²) in [7, 11) is 0. The number of rotatable bonds is 11. The highest BCUT2D eigenvalue weighted by molar-refractivity contribution is 14.0. The third kappa shape index (κ3) is 9.53. The maximum absolute atomic E-state index is 6.19. The van der Waals surface area contributed by atoms with Crippen molar-refractivity contribution in [3.05, 3.63) is 29.3 Å². The van der Waals surface area contributed by atoms with Gasteiger partial charge in [0.15, 0.2) is 5.96 Å². The number of guanidine groups is 1. The fraction of sp³-hybridized carbons (Fsp3) is 0.682. The van der Waals surface area contributed by atoms with Crippen molar-refractivity contribution in [2.75, 3.05) is 45.9 Å². The van der Waals surface area contributed by atoms with Gasteiger partial charge in [0, 0.05) is 25.1 Å². The zero-order valence-electron chi connectivity index (χ0n) is 18.5. The summed E-state index contributed by atoms with van der Waals surface area (Å²) in [5.74, 6) is 1.79. The van der Waals surface area contributed by atoms with E-state index < -0.39 is 0 Å². The second kappa shape index (κ2) is 14.8. The van der Waals surface area contributed by atoms with Crippen molar-refractivity contribution < 1.29 is 9.47 Å². The van der Waals surface area contributed by atoms with Crippen molar-refractivity contribution >= 4 is 29.9 Å². The molecule has 0 spiro atoms. The van der Waals surface area contributed by atoms with Crippen molar-refractivity contribution in [2.45, 2.75) is 53.2 Å². The lowest BCUT2D eigenvalue weighted by Gasteiger charge is -2.18. The highest BCUT2D eigenvalue weighted by Gasteiger charge is 2.18. The maximum Gasteiger partial charge on any atom is 0.191 e. The number of ether oxygens (including phenoxy) is 2. The van der Waals surface area contributed by atoms with Crippen molar-refractivity contribution in [3.8, 4) is 5.75 Å². The molecule has 1 atom stereocenters. The molecular formula is C22H39IN4O2. The molecule has 0 aliphatic carbocycles. The Bertz CT molecular complexity index is 602. The number of nitrogens with one attached hydrogen (secondary N) is 2. The van der Waals surface area contributed by atoms with Gasteiger partial charge in [-0.25, -0.2) is 4.99 Å². The van der Waals surface area contributed by atoms with Gasteiger partial charge >= 0.3 is 0 Å². The Kier molecular flexibility index (Phi) is 13.3. The summed E-state index contributed by atoms with van der Waals surface area (Å²) in [5, 5.41) is 6.79. The molecule has 2 rings (SSSR count). The van der Waals surface area contributed by atoms with Gasteiger partial charge in [0.05, 0.1) is 19.8 Å². The molecule has 1 saturated heterocycles. The van der Waals surface area contributed by atoms with Gasteiger partial charge in [0.1, 0.15) is 11.9 Å². The molecule has 1 unspecified atom stereocenters. The van der Waals surface area contributed by atoms with Crippen LogP contribution < -0.4 is 15.4 Å². The predicted octanol–water partition coefficient (Wildman–Crippen LogP) is 3.57. The molecular weight excluding hydrogens is 479 g/mol. The number of hydrogen-bond donors (Lipinski definition) is 2. The Morgan fingerprint density at radius 3 is 2.69 bits per heavy atom. The summed E-state index contributed by atoms with van der Waals surface area (Å²) in [6.45, 7) is 15.7. The van der Waals surface area contributed by atoms with Crippen LogP contribution in [0.25, 0.3) is 0 Å². The predicted molar refractivity (Wildman–Crippen MR) is 132 cm³/mol. The number of nitrogens with zero attached hydrogens (tertiary/aromatic N) is 2. The van der Waals surface area contributed by atoms with Crippen molar-refractivity contribution in [3.63, 3.8) is 0 Å². The molecule has 1 aromatic carbocycles. The standard InChI is InChI=1S/C22H38N4O2.HI/c1-5-23-22(24-12-8-13-26(6-2)7-3)25-16-19-10-9-18(4)15-21(19)28-20-11-14-27-17-20;/h9-10,15,20H,5-8,11-14,16-17H2,1-4H3,(H2,23,24,25);1H. The smallest absolute Gasteiger partial charge is 0.191 e. The lowest BCUT2D eigenvalue weighted by molar-refractivity contribution is 0.140. The highest BCUT2D eigenvalue weighted by Crippen LogP contribution is 2.24. The lowest BCUT2D eigenvalue weighted by Crippen LogP contribution is -2.38. The molecule has 1 aromatic rings. The zero-order valence-corrected chi connectivity index (χ0v) is 20.8. The van der Waals surface area contributed by atoms with E-state index in [1.165, 1.54) is 5.56 Å². The minimum atomic E-state index is 0. The average Bonchev–Trinajstić information content (AvgIpc) is 3.20. The van der Waals surface area contributed by atoms with Crippen molar-refractivity contribution in [1.82, 2.24) is 15.5 Å². The minimum absolute atomic E-state index is 0. The van der Waals surface area contributed by atoms with Crippen LogP contribution in [-0.2, 0) is 11.3 Å². The van der Waals surface area contributed by atoms with E-state index >= 15 is 0 Å². The Balaban J connectivity index is 0.00000420. The molecule has 0 aromatic heterocycles. The molecule has 7 heteroatoms. The lowest BCUT2D eigenvalue weighted by atomic mass is 10.1. The SMILES string of the molecule is CCNC(=NCc1ccc(C)cc1OC1CCOC1)NCCCN(CC)CC.I. The molecule has 0 bridgehead atoms. The maximum atomic E-state index is 6.19. The first kappa shape index (κ1) is 26.0. The van der Waals surface area contributed by atoms with E-state index in [2.05, 4.69) is 61.4 Å². The molecule has 166 valence electrons. The fourth-order valence-corrected chi connectivity index (χ4v) is 3.24. The topological polar surface area (TPSA) is 58.1 Å². The summed E-state index contributed by atoms with van der Waals surface area (Å²) < 4.78 is 11.6. The van der Waals surface area contributed by atoms with E-state index in [1.807, 2.05) is 0 Å². The van der Waals surface area contributed by atoms with Crippen LogP contribution in [0.2, 0.25) is 0 Å². The first-order chi connectivity index (χ1) is 13.7. The van der Waals surface area contributed by atoms with E-state index in [9.17, 15) is 0 Å². The van der Waals surface area contributed by atoms with Gasteiger partial charge in [-0.15, -0.1) is 24.0 Å². The zero-order chi connectivity index (χ0) is 20.2.